The second-order valence-electron chi connectivity index (χ2n) is 9.73. The molecule has 2 aliphatic rings. The Balaban J connectivity index is 1.33. The summed E-state index contributed by atoms with van der Waals surface area (Å²) in [6.45, 7) is 0.722. The predicted molar refractivity (Wildman–Crippen MR) is 147 cm³/mol. The molecule has 0 spiro atoms. The highest BCUT2D eigenvalue weighted by Crippen LogP contribution is 2.38. The molecule has 2 saturated heterocycles. The minimum absolute atomic E-state index is 0.0616. The van der Waals surface area contributed by atoms with E-state index in [0.29, 0.717) is 36.5 Å². The van der Waals surface area contributed by atoms with Gasteiger partial charge >= 0.3 is 5.69 Å². The summed E-state index contributed by atoms with van der Waals surface area (Å²) in [6, 6.07) is 17.6. The third kappa shape index (κ3) is 5.90. The number of aliphatic hydroxyl groups is 2. The molecule has 1 amide bonds. The van der Waals surface area contributed by atoms with Crippen molar-refractivity contribution in [3.8, 4) is 0 Å². The summed E-state index contributed by atoms with van der Waals surface area (Å²) in [5.41, 5.74) is 0.676. The van der Waals surface area contributed by atoms with Crippen LogP contribution in [0.4, 0.5) is 11.5 Å². The van der Waals surface area contributed by atoms with Crippen LogP contribution in [0, 0.1) is 0 Å². The number of benzene rings is 2. The van der Waals surface area contributed by atoms with Crippen LogP contribution in [-0.2, 0) is 14.2 Å². The summed E-state index contributed by atoms with van der Waals surface area (Å²) in [7, 11) is 1.54. The molecule has 0 radical (unpaired) electrons. The van der Waals surface area contributed by atoms with Crippen LogP contribution in [-0.4, -0.2) is 76.6 Å². The number of amides is 1. The van der Waals surface area contributed by atoms with Gasteiger partial charge in [-0.1, -0.05) is 35.9 Å². The van der Waals surface area contributed by atoms with E-state index in [1.165, 1.54) is 23.9 Å². The monoisotopic (exact) mass is 570 g/mol. The van der Waals surface area contributed by atoms with E-state index in [1.54, 1.807) is 30.3 Å². The van der Waals surface area contributed by atoms with Crippen molar-refractivity contribution in [2.75, 3.05) is 37.0 Å². The molecule has 4 atom stereocenters. The van der Waals surface area contributed by atoms with Crippen molar-refractivity contribution in [2.45, 2.75) is 43.2 Å². The maximum Gasteiger partial charge on any atom is 0.351 e. The number of carbonyl (C=O) groups is 1. The van der Waals surface area contributed by atoms with Crippen LogP contribution in [0.3, 0.4) is 0 Å². The second-order valence-corrected chi connectivity index (χ2v) is 10.2. The fraction of sp³-hybridized carbons (Fsp3) is 0.393. The van der Waals surface area contributed by atoms with Gasteiger partial charge in [-0.15, -0.1) is 0 Å². The summed E-state index contributed by atoms with van der Waals surface area (Å²) in [5, 5.41) is 24.0. The van der Waals surface area contributed by atoms with Gasteiger partial charge in [0.15, 0.2) is 12.0 Å². The van der Waals surface area contributed by atoms with Crippen LogP contribution in [0.1, 0.15) is 29.4 Å². The Morgan fingerprint density at radius 1 is 1.18 bits per heavy atom. The van der Waals surface area contributed by atoms with Crippen molar-refractivity contribution in [3.05, 3.63) is 87.9 Å². The minimum Gasteiger partial charge on any atom is -0.394 e. The molecule has 5 rings (SSSR count). The highest BCUT2D eigenvalue weighted by atomic mass is 35.5. The number of piperidine rings is 1. The average molecular weight is 571 g/mol. The minimum atomic E-state index is -1.24. The quantitative estimate of drug-likeness (QED) is 0.349. The Kier molecular flexibility index (Phi) is 8.50. The third-order valence-corrected chi connectivity index (χ3v) is 7.53. The Morgan fingerprint density at radius 3 is 2.58 bits per heavy atom. The largest absolute Gasteiger partial charge is 0.394 e. The van der Waals surface area contributed by atoms with Crippen molar-refractivity contribution < 1.29 is 29.2 Å². The van der Waals surface area contributed by atoms with Gasteiger partial charge in [-0.05, 0) is 36.4 Å². The van der Waals surface area contributed by atoms with Gasteiger partial charge in [-0.2, -0.15) is 4.98 Å². The normalized spacial score (nSPS) is 24.1. The van der Waals surface area contributed by atoms with E-state index < -0.39 is 48.5 Å². The van der Waals surface area contributed by atoms with E-state index in [4.69, 9.17) is 25.8 Å². The van der Waals surface area contributed by atoms with Crippen LogP contribution < -0.4 is 15.9 Å². The van der Waals surface area contributed by atoms with E-state index in [9.17, 15) is 19.8 Å². The molecule has 11 nitrogen and oxygen atoms in total. The standard InChI is InChI=1S/C28H31ClN4O7/c1-38-28(11-14-32(15-12-28)20-9-5-8-19(29)16-20)40-24-23(35)21(17-34)39-26(24)33-13-10-22(31-27(33)37)30-25(36)18-6-3-2-4-7-18/h2-10,13,16,21,23-24,26,34-35H,11-12,14-15,17H2,1H3,(H,30,31,36,37)/t21-,23?,24?,26-/m1/s1. The zero-order valence-electron chi connectivity index (χ0n) is 21.9. The molecule has 0 aliphatic carbocycles. The molecule has 2 aromatic carbocycles. The third-order valence-electron chi connectivity index (χ3n) is 7.30. The maximum atomic E-state index is 13.0. The second kappa shape index (κ2) is 12.0. The fourth-order valence-electron chi connectivity index (χ4n) is 5.07. The molecule has 40 heavy (non-hydrogen) atoms. The smallest absolute Gasteiger partial charge is 0.351 e. The lowest BCUT2D eigenvalue weighted by atomic mass is 10.0. The van der Waals surface area contributed by atoms with Gasteiger partial charge in [-0.3, -0.25) is 9.36 Å². The van der Waals surface area contributed by atoms with Gasteiger partial charge < -0.3 is 34.6 Å². The molecule has 0 saturated carbocycles. The van der Waals surface area contributed by atoms with Crippen molar-refractivity contribution in [1.82, 2.24) is 9.55 Å². The lowest BCUT2D eigenvalue weighted by Crippen LogP contribution is -2.52. The molecule has 12 heteroatoms. The van der Waals surface area contributed by atoms with Crippen molar-refractivity contribution in [2.24, 2.45) is 0 Å². The van der Waals surface area contributed by atoms with Crippen LogP contribution in [0.25, 0.3) is 0 Å². The first kappa shape index (κ1) is 28.2. The fourth-order valence-corrected chi connectivity index (χ4v) is 5.26. The predicted octanol–water partition coefficient (Wildman–Crippen LogP) is 2.43. The molecule has 212 valence electrons. The number of nitrogens with one attached hydrogen (secondary N) is 1. The molecule has 0 bridgehead atoms. The molecule has 1 aromatic heterocycles. The maximum absolute atomic E-state index is 13.0. The Bertz CT molecular complexity index is 1380. The van der Waals surface area contributed by atoms with Gasteiger partial charge in [0.2, 0.25) is 0 Å². The van der Waals surface area contributed by atoms with E-state index in [1.807, 2.05) is 24.3 Å². The zero-order valence-corrected chi connectivity index (χ0v) is 22.6. The number of halogens is 1. The first-order chi connectivity index (χ1) is 19.3. The Morgan fingerprint density at radius 2 is 1.93 bits per heavy atom. The van der Waals surface area contributed by atoms with Crippen LogP contribution >= 0.6 is 11.6 Å². The Hall–Kier alpha value is -3.32. The number of nitrogens with zero attached hydrogens (tertiary/aromatic N) is 3. The van der Waals surface area contributed by atoms with Gasteiger partial charge in [-0.25, -0.2) is 4.79 Å². The van der Waals surface area contributed by atoms with Gasteiger partial charge in [0.25, 0.3) is 5.91 Å². The number of rotatable bonds is 8. The first-order valence-corrected chi connectivity index (χ1v) is 13.3. The van der Waals surface area contributed by atoms with E-state index in [-0.39, 0.29) is 5.82 Å². The Labute approximate surface area is 235 Å². The molecular weight excluding hydrogens is 540 g/mol. The number of hydrogen-bond donors (Lipinski definition) is 3. The van der Waals surface area contributed by atoms with Gasteiger partial charge in [0.05, 0.1) is 6.61 Å². The number of methoxy groups -OCH3 is 1. The SMILES string of the molecule is COC1(OC2C(O)[C@@H](CO)O[C@H]2n2ccc(NC(=O)c3ccccc3)nc2=O)CCN(c2cccc(Cl)c2)CC1. The number of aromatic nitrogens is 2. The van der Waals surface area contributed by atoms with Gasteiger partial charge in [0.1, 0.15) is 24.1 Å². The number of carbonyl (C=O) groups excluding carboxylic acids is 1. The van der Waals surface area contributed by atoms with Crippen LogP contribution in [0.2, 0.25) is 5.02 Å². The molecule has 2 unspecified atom stereocenters. The number of hydrogen-bond acceptors (Lipinski definition) is 9. The number of aliphatic hydroxyl groups excluding tert-OH is 2. The number of ether oxygens (including phenoxy) is 3. The first-order valence-electron chi connectivity index (χ1n) is 13.0. The average Bonchev–Trinajstić information content (AvgIpc) is 3.28. The highest BCUT2D eigenvalue weighted by molar-refractivity contribution is 6.30. The summed E-state index contributed by atoms with van der Waals surface area (Å²) in [5.74, 6) is -1.41. The van der Waals surface area contributed by atoms with Crippen LogP contribution in [0.15, 0.2) is 71.7 Å². The molecule has 3 N–H and O–H groups in total. The van der Waals surface area contributed by atoms with Gasteiger partial charge in [0, 0.05) is 55.5 Å². The lowest BCUT2D eigenvalue weighted by Gasteiger charge is -2.43. The summed E-state index contributed by atoms with van der Waals surface area (Å²) >= 11 is 6.16. The molecule has 2 fully saturated rings. The van der Waals surface area contributed by atoms with Crippen molar-refractivity contribution in [1.29, 1.82) is 0 Å². The summed E-state index contributed by atoms with van der Waals surface area (Å²) < 4.78 is 19.3. The van der Waals surface area contributed by atoms with E-state index in [0.717, 1.165) is 5.69 Å². The number of anilines is 2. The topological polar surface area (TPSA) is 135 Å². The lowest BCUT2D eigenvalue weighted by molar-refractivity contribution is -0.276. The van der Waals surface area contributed by atoms with Crippen molar-refractivity contribution in [3.63, 3.8) is 0 Å². The van der Waals surface area contributed by atoms with Crippen LogP contribution in [0.5, 0.6) is 0 Å². The zero-order chi connectivity index (χ0) is 28.3. The van der Waals surface area contributed by atoms with E-state index in [2.05, 4.69) is 15.2 Å². The summed E-state index contributed by atoms with van der Waals surface area (Å²) in [4.78, 5) is 31.6. The molecule has 2 aliphatic heterocycles. The van der Waals surface area contributed by atoms with Crippen molar-refractivity contribution >= 4 is 29.0 Å². The highest BCUT2D eigenvalue weighted by Gasteiger charge is 2.50. The molecular formula is C28H31ClN4O7. The molecule has 3 heterocycles. The molecule has 3 aromatic rings. The van der Waals surface area contributed by atoms with E-state index >= 15 is 0 Å². The summed E-state index contributed by atoms with van der Waals surface area (Å²) in [6.07, 6.45) is -2.02.